The molecular weight excluding hydrogens is 238 g/mol. The molecule has 1 saturated heterocycles. The number of rotatable bonds is 4. The van der Waals surface area contributed by atoms with Crippen molar-refractivity contribution in [3.63, 3.8) is 0 Å². The summed E-state index contributed by atoms with van der Waals surface area (Å²) in [5, 5.41) is 9.46. The fraction of sp³-hybridized carbons (Fsp3) is 0.462. The van der Waals surface area contributed by atoms with Crippen LogP contribution >= 0.6 is 11.6 Å². The van der Waals surface area contributed by atoms with Gasteiger partial charge in [0.05, 0.1) is 36.3 Å². The average Bonchev–Trinajstić information content (AvgIpc) is 2.27. The maximum atomic E-state index is 8.87. The number of hydrogen-bond donors (Lipinski definition) is 0. The molecule has 1 aliphatic rings. The Morgan fingerprint density at radius 2 is 2.29 bits per heavy atom. The fourth-order valence-electron chi connectivity index (χ4n) is 1.97. The van der Waals surface area contributed by atoms with Crippen molar-refractivity contribution in [1.82, 2.24) is 0 Å². The highest BCUT2D eigenvalue weighted by Gasteiger charge is 2.40. The summed E-state index contributed by atoms with van der Waals surface area (Å²) in [6, 6.07) is 7.92. The first-order valence-corrected chi connectivity index (χ1v) is 5.97. The predicted molar refractivity (Wildman–Crippen MR) is 65.3 cm³/mol. The van der Waals surface area contributed by atoms with E-state index in [4.69, 9.17) is 26.3 Å². The van der Waals surface area contributed by atoms with E-state index in [9.17, 15) is 0 Å². The van der Waals surface area contributed by atoms with Crippen LogP contribution in [0, 0.1) is 11.3 Å². The van der Waals surface area contributed by atoms with E-state index >= 15 is 0 Å². The van der Waals surface area contributed by atoms with E-state index in [-0.39, 0.29) is 5.41 Å². The van der Waals surface area contributed by atoms with Gasteiger partial charge in [-0.15, -0.1) is 0 Å². The van der Waals surface area contributed by atoms with E-state index in [0.717, 1.165) is 5.56 Å². The molecule has 0 spiro atoms. The van der Waals surface area contributed by atoms with Crippen LogP contribution in [0.15, 0.2) is 18.2 Å². The second-order valence-corrected chi connectivity index (χ2v) is 4.59. The van der Waals surface area contributed by atoms with Gasteiger partial charge in [0, 0.05) is 6.42 Å². The van der Waals surface area contributed by atoms with E-state index < -0.39 is 0 Å². The van der Waals surface area contributed by atoms with Gasteiger partial charge in [-0.1, -0.05) is 17.7 Å². The van der Waals surface area contributed by atoms with Crippen LogP contribution in [0.25, 0.3) is 0 Å². The Morgan fingerprint density at radius 1 is 1.53 bits per heavy atom. The zero-order valence-corrected chi connectivity index (χ0v) is 10.5. The largest absolute Gasteiger partial charge is 0.492 e. The van der Waals surface area contributed by atoms with E-state index in [1.807, 2.05) is 25.1 Å². The van der Waals surface area contributed by atoms with E-state index in [1.54, 1.807) is 0 Å². The van der Waals surface area contributed by atoms with Crippen LogP contribution in [0.1, 0.15) is 18.9 Å². The zero-order chi connectivity index (χ0) is 12.3. The Hall–Kier alpha value is -1.24. The van der Waals surface area contributed by atoms with E-state index in [0.29, 0.717) is 37.0 Å². The lowest BCUT2D eigenvalue weighted by atomic mass is 9.76. The van der Waals surface area contributed by atoms with Crippen molar-refractivity contribution in [1.29, 1.82) is 5.26 Å². The van der Waals surface area contributed by atoms with Gasteiger partial charge in [-0.3, -0.25) is 0 Å². The summed E-state index contributed by atoms with van der Waals surface area (Å²) in [5.41, 5.74) is 0.877. The molecule has 0 atom stereocenters. The van der Waals surface area contributed by atoms with Crippen molar-refractivity contribution < 1.29 is 9.47 Å². The molecule has 1 aromatic carbocycles. The molecule has 3 nitrogen and oxygen atoms in total. The number of halogens is 1. The number of nitrogens with zero attached hydrogens (tertiary/aromatic N) is 1. The molecular formula is C13H14ClNO2. The van der Waals surface area contributed by atoms with Gasteiger partial charge in [0.15, 0.2) is 0 Å². The third kappa shape index (κ3) is 2.24. The van der Waals surface area contributed by atoms with Crippen molar-refractivity contribution in [3.8, 4) is 11.8 Å². The quantitative estimate of drug-likeness (QED) is 0.826. The van der Waals surface area contributed by atoms with Crippen LogP contribution in [0.4, 0.5) is 0 Å². The van der Waals surface area contributed by atoms with Crippen LogP contribution in [0.2, 0.25) is 5.02 Å². The summed E-state index contributed by atoms with van der Waals surface area (Å²) < 4.78 is 10.6. The Morgan fingerprint density at radius 3 is 2.76 bits per heavy atom. The highest BCUT2D eigenvalue weighted by atomic mass is 35.5. The third-order valence-corrected chi connectivity index (χ3v) is 3.31. The van der Waals surface area contributed by atoms with Gasteiger partial charge in [0.25, 0.3) is 0 Å². The summed E-state index contributed by atoms with van der Waals surface area (Å²) in [6.07, 6.45) is 0.456. The van der Waals surface area contributed by atoms with Gasteiger partial charge in [-0.25, -0.2) is 0 Å². The summed E-state index contributed by atoms with van der Waals surface area (Å²) in [5.74, 6) is 0.685. The zero-order valence-electron chi connectivity index (χ0n) is 9.70. The Labute approximate surface area is 106 Å². The van der Waals surface area contributed by atoms with Crippen LogP contribution in [-0.4, -0.2) is 19.8 Å². The summed E-state index contributed by atoms with van der Waals surface area (Å²) in [6.45, 7) is 3.68. The number of benzene rings is 1. The van der Waals surface area contributed by atoms with Crippen molar-refractivity contribution in [2.24, 2.45) is 0 Å². The van der Waals surface area contributed by atoms with Gasteiger partial charge in [0.1, 0.15) is 5.75 Å². The Balaban J connectivity index is 2.28. The van der Waals surface area contributed by atoms with Crippen molar-refractivity contribution >= 4 is 11.6 Å². The molecule has 90 valence electrons. The van der Waals surface area contributed by atoms with Gasteiger partial charge in [-0.2, -0.15) is 5.26 Å². The first-order chi connectivity index (χ1) is 8.22. The molecule has 1 fully saturated rings. The van der Waals surface area contributed by atoms with E-state index in [2.05, 4.69) is 6.07 Å². The molecule has 1 aromatic rings. The van der Waals surface area contributed by atoms with Crippen molar-refractivity contribution in [2.45, 2.75) is 18.8 Å². The lowest BCUT2D eigenvalue weighted by Crippen LogP contribution is -2.46. The smallest absolute Gasteiger partial charge is 0.137 e. The molecule has 4 heteroatoms. The molecule has 2 rings (SSSR count). The molecule has 1 aliphatic heterocycles. The summed E-state index contributed by atoms with van der Waals surface area (Å²) >= 11 is 6.15. The van der Waals surface area contributed by atoms with Gasteiger partial charge in [0.2, 0.25) is 0 Å². The van der Waals surface area contributed by atoms with Crippen LogP contribution in [0.3, 0.4) is 0 Å². The monoisotopic (exact) mass is 251 g/mol. The maximum Gasteiger partial charge on any atom is 0.137 e. The third-order valence-electron chi connectivity index (χ3n) is 3.02. The molecule has 0 bridgehead atoms. The maximum absolute atomic E-state index is 8.87. The molecule has 0 radical (unpaired) electrons. The SMILES string of the molecule is CCOc1ccc(C2(CC#N)COC2)cc1Cl. The summed E-state index contributed by atoms with van der Waals surface area (Å²) in [4.78, 5) is 0. The molecule has 0 amide bonds. The number of hydrogen-bond acceptors (Lipinski definition) is 3. The van der Waals surface area contributed by atoms with Gasteiger partial charge < -0.3 is 9.47 Å². The molecule has 0 saturated carbocycles. The lowest BCUT2D eigenvalue weighted by Gasteiger charge is -2.40. The first kappa shape index (κ1) is 12.2. The fourth-order valence-corrected chi connectivity index (χ4v) is 2.21. The second kappa shape index (κ2) is 4.95. The van der Waals surface area contributed by atoms with Crippen molar-refractivity contribution in [2.75, 3.05) is 19.8 Å². The van der Waals surface area contributed by atoms with Gasteiger partial charge in [-0.05, 0) is 24.6 Å². The van der Waals surface area contributed by atoms with Crippen molar-refractivity contribution in [3.05, 3.63) is 28.8 Å². The molecule has 0 aromatic heterocycles. The minimum Gasteiger partial charge on any atom is -0.492 e. The minimum absolute atomic E-state index is 0.177. The highest BCUT2D eigenvalue weighted by Crippen LogP contribution is 2.38. The average molecular weight is 252 g/mol. The Kier molecular flexibility index (Phi) is 3.56. The molecule has 1 heterocycles. The first-order valence-electron chi connectivity index (χ1n) is 5.59. The Bertz CT molecular complexity index is 449. The highest BCUT2D eigenvalue weighted by molar-refractivity contribution is 6.32. The van der Waals surface area contributed by atoms with Crippen LogP contribution < -0.4 is 4.74 Å². The molecule has 0 N–H and O–H groups in total. The standard InChI is InChI=1S/C13H14ClNO2/c1-2-17-12-4-3-10(7-11(12)14)13(5-6-15)8-16-9-13/h3-4,7H,2,5,8-9H2,1H3. The van der Waals surface area contributed by atoms with E-state index in [1.165, 1.54) is 0 Å². The molecule has 17 heavy (non-hydrogen) atoms. The predicted octanol–water partition coefficient (Wildman–Crippen LogP) is 2.92. The topological polar surface area (TPSA) is 42.2 Å². The number of nitriles is 1. The number of ether oxygens (including phenoxy) is 2. The van der Waals surface area contributed by atoms with Crippen LogP contribution in [0.5, 0.6) is 5.75 Å². The minimum atomic E-state index is -0.177. The normalized spacial score (nSPS) is 17.0. The molecule has 0 unspecified atom stereocenters. The summed E-state index contributed by atoms with van der Waals surface area (Å²) in [7, 11) is 0. The second-order valence-electron chi connectivity index (χ2n) is 4.19. The van der Waals surface area contributed by atoms with Gasteiger partial charge >= 0.3 is 0 Å². The lowest BCUT2D eigenvalue weighted by molar-refractivity contribution is -0.0577. The van der Waals surface area contributed by atoms with Crippen LogP contribution in [-0.2, 0) is 10.2 Å². The molecule has 0 aliphatic carbocycles.